The number of hydrogen-bond donors (Lipinski definition) is 3. The van der Waals surface area contributed by atoms with E-state index >= 15 is 0 Å². The lowest BCUT2D eigenvalue weighted by Crippen LogP contribution is -2.01. The molecule has 0 aromatic rings. The van der Waals surface area contributed by atoms with Crippen LogP contribution in [-0.2, 0) is 4.79 Å². The van der Waals surface area contributed by atoms with E-state index in [4.69, 9.17) is 20.1 Å². The van der Waals surface area contributed by atoms with Gasteiger partial charge in [-0.25, -0.2) is 0 Å². The minimum absolute atomic E-state index is 0. The highest BCUT2D eigenvalue weighted by atomic mass is 16.3. The topological polar surface area (TPSA) is 117 Å². The van der Waals surface area contributed by atoms with Gasteiger partial charge in [-0.15, -0.1) is 0 Å². The van der Waals surface area contributed by atoms with Crippen molar-refractivity contribution in [1.29, 1.82) is 0 Å². The molecule has 0 saturated carbocycles. The summed E-state index contributed by atoms with van der Waals surface area (Å²) in [5.74, 6) is 0. The first-order valence-corrected chi connectivity index (χ1v) is 2.52. The highest BCUT2D eigenvalue weighted by Crippen LogP contribution is 1.30. The van der Waals surface area contributed by atoms with Gasteiger partial charge in [-0.1, -0.05) is 0 Å². The molecular weight excluding hydrogens is 138 g/mol. The Balaban J connectivity index is -0.0000000257. The lowest BCUT2D eigenvalue weighted by molar-refractivity contribution is -0.283. The average molecular weight is 155 g/mol. The SMILES string of the molecule is CCO.CCO.O=C[O-].[NH4+]. The molecule has 0 radical (unpaired) electrons. The van der Waals surface area contributed by atoms with Crippen LogP contribution >= 0.6 is 0 Å². The molecule has 0 heterocycles. The van der Waals surface area contributed by atoms with Gasteiger partial charge < -0.3 is 26.3 Å². The van der Waals surface area contributed by atoms with Gasteiger partial charge in [0.25, 0.3) is 0 Å². The van der Waals surface area contributed by atoms with Gasteiger partial charge in [-0.3, -0.25) is 0 Å². The summed E-state index contributed by atoms with van der Waals surface area (Å²) in [7, 11) is 0. The van der Waals surface area contributed by atoms with E-state index in [0.717, 1.165) is 0 Å². The van der Waals surface area contributed by atoms with Crippen molar-refractivity contribution in [2.75, 3.05) is 13.2 Å². The predicted octanol–water partition coefficient (Wildman–Crippen LogP) is -1.26. The molecule has 0 aromatic heterocycles. The summed E-state index contributed by atoms with van der Waals surface area (Å²) in [6, 6.07) is 0. The van der Waals surface area contributed by atoms with Gasteiger partial charge in [0, 0.05) is 19.7 Å². The normalized spacial score (nSPS) is 4.80. The van der Waals surface area contributed by atoms with Crippen molar-refractivity contribution < 1.29 is 20.1 Å². The highest BCUT2D eigenvalue weighted by Gasteiger charge is 1.34. The maximum Gasteiger partial charge on any atom is 0.0402 e. The van der Waals surface area contributed by atoms with Gasteiger partial charge in [0.1, 0.15) is 0 Å². The zero-order chi connectivity index (χ0) is 8.12. The van der Waals surface area contributed by atoms with E-state index in [-0.39, 0.29) is 19.4 Å². The number of carbonyl (C=O) groups is 1. The van der Waals surface area contributed by atoms with Crippen LogP contribution in [0, 0.1) is 0 Å². The molecule has 5 nitrogen and oxygen atoms in total. The summed E-state index contributed by atoms with van der Waals surface area (Å²) < 4.78 is 0. The monoisotopic (exact) mass is 155 g/mol. The fourth-order valence-corrected chi connectivity index (χ4v) is 0. The molecule has 0 saturated heterocycles. The number of hydrogen-bond acceptors (Lipinski definition) is 4. The van der Waals surface area contributed by atoms with Crippen molar-refractivity contribution in [3.05, 3.63) is 0 Å². The van der Waals surface area contributed by atoms with E-state index in [0.29, 0.717) is 0 Å². The standard InChI is InChI=1S/2C2H6O.CH2O2.H3N/c2*1-2-3;2-1-3;/h2*3H,2H2,1H3;1H,(H,2,3);1H3. The van der Waals surface area contributed by atoms with E-state index in [1.807, 2.05) is 0 Å². The number of carboxylic acid groups (broad SMARTS) is 1. The molecule has 0 bridgehead atoms. The van der Waals surface area contributed by atoms with Crippen molar-refractivity contribution in [2.24, 2.45) is 0 Å². The van der Waals surface area contributed by atoms with Crippen LogP contribution in [-0.4, -0.2) is 29.9 Å². The second-order valence-electron chi connectivity index (χ2n) is 0.729. The molecule has 0 fully saturated rings. The van der Waals surface area contributed by atoms with Crippen molar-refractivity contribution >= 4 is 6.47 Å². The highest BCUT2D eigenvalue weighted by molar-refractivity contribution is 5.29. The fraction of sp³-hybridized carbons (Fsp3) is 0.800. The Kier molecular flexibility index (Phi) is 186. The molecule has 0 amide bonds. The lowest BCUT2D eigenvalue weighted by atomic mass is 10.9. The molecule has 0 aliphatic carbocycles. The number of quaternary nitrogens is 1. The van der Waals surface area contributed by atoms with Crippen LogP contribution < -0.4 is 11.3 Å². The van der Waals surface area contributed by atoms with Crippen LogP contribution in [0.1, 0.15) is 13.8 Å². The molecule has 0 aliphatic rings. The number of carbonyl (C=O) groups excluding carboxylic acids is 1. The average Bonchev–Trinajstić information content (AvgIpc) is 1.70. The van der Waals surface area contributed by atoms with E-state index < -0.39 is 6.47 Å². The van der Waals surface area contributed by atoms with Crippen LogP contribution in [0.15, 0.2) is 0 Å². The van der Waals surface area contributed by atoms with Crippen molar-refractivity contribution in [3.63, 3.8) is 0 Å². The zero-order valence-corrected chi connectivity index (χ0v) is 6.70. The van der Waals surface area contributed by atoms with Gasteiger partial charge in [0.05, 0.1) is 0 Å². The number of aliphatic hydroxyl groups excluding tert-OH is 2. The third-order valence-electron chi connectivity index (χ3n) is 0. The summed E-state index contributed by atoms with van der Waals surface area (Å²) in [6.07, 6.45) is 0. The molecule has 0 rings (SSSR count). The molecular formula is C5H17NO4. The van der Waals surface area contributed by atoms with Crippen molar-refractivity contribution in [3.8, 4) is 0 Å². The molecule has 10 heavy (non-hydrogen) atoms. The van der Waals surface area contributed by atoms with Crippen molar-refractivity contribution in [1.82, 2.24) is 6.15 Å². The molecule has 0 aromatic carbocycles. The minimum atomic E-state index is -0.500. The summed E-state index contributed by atoms with van der Waals surface area (Å²) in [5.41, 5.74) is 0. The largest absolute Gasteiger partial charge is 0.554 e. The van der Waals surface area contributed by atoms with Gasteiger partial charge in [-0.05, 0) is 13.8 Å². The first-order valence-electron chi connectivity index (χ1n) is 2.52. The summed E-state index contributed by atoms with van der Waals surface area (Å²) in [5, 5.41) is 23.4. The van der Waals surface area contributed by atoms with Crippen LogP contribution in [0.3, 0.4) is 0 Å². The molecule has 0 atom stereocenters. The smallest absolute Gasteiger partial charge is 0.0402 e. The third kappa shape index (κ3) is 701. The van der Waals surface area contributed by atoms with E-state index in [1.165, 1.54) is 0 Å². The lowest BCUT2D eigenvalue weighted by Gasteiger charge is -1.52. The number of rotatable bonds is 0. The molecule has 5 heteroatoms. The quantitative estimate of drug-likeness (QED) is 0.378. The van der Waals surface area contributed by atoms with Crippen LogP contribution in [0.4, 0.5) is 0 Å². The van der Waals surface area contributed by atoms with E-state index in [9.17, 15) is 0 Å². The minimum Gasteiger partial charge on any atom is -0.554 e. The first-order chi connectivity index (χ1) is 4.24. The Morgan fingerprint density at radius 1 is 1.30 bits per heavy atom. The van der Waals surface area contributed by atoms with E-state index in [2.05, 4.69) is 0 Å². The van der Waals surface area contributed by atoms with Crippen LogP contribution in [0.2, 0.25) is 0 Å². The van der Waals surface area contributed by atoms with Crippen molar-refractivity contribution in [2.45, 2.75) is 13.8 Å². The van der Waals surface area contributed by atoms with Gasteiger partial charge in [-0.2, -0.15) is 0 Å². The van der Waals surface area contributed by atoms with Crippen LogP contribution in [0.5, 0.6) is 0 Å². The molecule has 0 spiro atoms. The maximum atomic E-state index is 8.25. The second kappa shape index (κ2) is 81.7. The van der Waals surface area contributed by atoms with Gasteiger partial charge >= 0.3 is 0 Å². The first kappa shape index (κ1) is 22.8. The molecule has 6 N–H and O–H groups in total. The van der Waals surface area contributed by atoms with Gasteiger partial charge in [0.15, 0.2) is 0 Å². The summed E-state index contributed by atoms with van der Waals surface area (Å²) >= 11 is 0. The second-order valence-corrected chi connectivity index (χ2v) is 0.729. The Labute approximate surface area is 60.9 Å². The Morgan fingerprint density at radius 3 is 1.30 bits per heavy atom. The summed E-state index contributed by atoms with van der Waals surface area (Å²) in [6.45, 7) is 3.36. The Bertz CT molecular complexity index is 32.8. The Morgan fingerprint density at radius 2 is 1.30 bits per heavy atom. The van der Waals surface area contributed by atoms with E-state index in [1.54, 1.807) is 13.8 Å². The molecule has 66 valence electrons. The molecule has 0 aliphatic heterocycles. The van der Waals surface area contributed by atoms with Crippen LogP contribution in [0.25, 0.3) is 0 Å². The zero-order valence-electron chi connectivity index (χ0n) is 6.70. The van der Waals surface area contributed by atoms with Gasteiger partial charge in [0.2, 0.25) is 0 Å². The predicted molar refractivity (Wildman–Crippen MR) is 37.6 cm³/mol. The maximum absolute atomic E-state index is 8.25. The third-order valence-corrected chi connectivity index (χ3v) is 0. The number of aliphatic hydroxyl groups is 2. The summed E-state index contributed by atoms with van der Waals surface area (Å²) in [4.78, 5) is 8.25. The molecule has 0 unspecified atom stereocenters. The Hall–Kier alpha value is -0.650. The fourth-order valence-electron chi connectivity index (χ4n) is 0.